The van der Waals surface area contributed by atoms with Crippen LogP contribution in [0.5, 0.6) is 0 Å². The number of β-amino-alcohol motifs (C(OH)–C–C–N with tert-alkyl or cyclic N) is 1. The van der Waals surface area contributed by atoms with Crippen LogP contribution in [-0.4, -0.2) is 64.7 Å². The average molecular weight is 523 g/mol. The fraction of sp³-hybridized carbons (Fsp3) is 0.318. The number of aliphatic hydroxyl groups excluding tert-OH is 1. The fourth-order valence-corrected chi connectivity index (χ4v) is 3.84. The molecule has 2 aromatic rings. The van der Waals surface area contributed by atoms with E-state index in [0.717, 1.165) is 0 Å². The van der Waals surface area contributed by atoms with Gasteiger partial charge < -0.3 is 31.5 Å². The summed E-state index contributed by atoms with van der Waals surface area (Å²) in [6, 6.07) is 3.70. The second-order valence-electron chi connectivity index (χ2n) is 7.81. The molecule has 1 aliphatic heterocycles. The first kappa shape index (κ1) is 26.2. The molecule has 11 nitrogen and oxygen atoms in total. The number of hydrogen-bond acceptors (Lipinski definition) is 8. The number of hydrogen-bond donors (Lipinski definition) is 6. The minimum absolute atomic E-state index is 0.193. The van der Waals surface area contributed by atoms with Gasteiger partial charge in [-0.15, -0.1) is 0 Å². The van der Waals surface area contributed by atoms with Gasteiger partial charge in [0.25, 0.3) is 5.91 Å². The first-order chi connectivity index (χ1) is 16.6. The molecule has 35 heavy (non-hydrogen) atoms. The minimum atomic E-state index is -1.13. The first-order valence-electron chi connectivity index (χ1n) is 10.6. The number of nitrogens with zero attached hydrogens (tertiary/aromatic N) is 2. The van der Waals surface area contributed by atoms with E-state index < -0.39 is 42.9 Å². The van der Waals surface area contributed by atoms with E-state index in [-0.39, 0.29) is 12.1 Å². The zero-order valence-corrected chi connectivity index (χ0v) is 20.2. The predicted molar refractivity (Wildman–Crippen MR) is 131 cm³/mol. The van der Waals surface area contributed by atoms with Crippen molar-refractivity contribution in [2.75, 3.05) is 25.0 Å². The van der Waals surface area contributed by atoms with E-state index in [1.54, 1.807) is 13.0 Å². The van der Waals surface area contributed by atoms with Crippen LogP contribution in [0.4, 0.5) is 5.69 Å². The van der Waals surface area contributed by atoms with Gasteiger partial charge in [-0.25, -0.2) is 0 Å². The standard InChI is InChI=1S/C22H24Cl2N6O5/c1-11-16(3-13(23)4-17(11)24)18(5-20(33)34)30-19(32)10-26-21(35)12-2-14(7-25-6-12)29-22-27-8-15(31)9-28-22/h2-4,6-7,15,18,31H,5,8-10H2,1H3,(H,26,35)(H,30,32)(H,33,34)(H2,27,28,29)/t18-/m0/s1. The molecule has 13 heteroatoms. The molecule has 1 aromatic carbocycles. The molecule has 2 atom stereocenters. The lowest BCUT2D eigenvalue weighted by atomic mass is 9.98. The summed E-state index contributed by atoms with van der Waals surface area (Å²) in [5.41, 5.74) is 1.74. The monoisotopic (exact) mass is 522 g/mol. The summed E-state index contributed by atoms with van der Waals surface area (Å²) < 4.78 is 0. The number of guanidine groups is 1. The highest BCUT2D eigenvalue weighted by Crippen LogP contribution is 2.30. The maximum atomic E-state index is 12.5. The smallest absolute Gasteiger partial charge is 0.305 e. The Hall–Kier alpha value is -3.41. The van der Waals surface area contributed by atoms with Gasteiger partial charge in [-0.2, -0.15) is 0 Å². The average Bonchev–Trinajstić information content (AvgIpc) is 2.81. The van der Waals surface area contributed by atoms with Crippen LogP contribution in [0.2, 0.25) is 10.0 Å². The summed E-state index contributed by atoms with van der Waals surface area (Å²) in [5.74, 6) is -1.84. The van der Waals surface area contributed by atoms with E-state index in [9.17, 15) is 24.6 Å². The SMILES string of the molecule is Cc1c(Cl)cc(Cl)cc1[C@H](CC(=O)O)NC(=O)CNC(=O)c1cncc(NC2=NCC(O)CN2)c1. The predicted octanol–water partition coefficient (Wildman–Crippen LogP) is 1.49. The fourth-order valence-electron chi connectivity index (χ4n) is 3.33. The van der Waals surface area contributed by atoms with Gasteiger partial charge in [0.1, 0.15) is 0 Å². The molecule has 0 saturated heterocycles. The number of pyridine rings is 1. The maximum absolute atomic E-state index is 12.5. The molecular weight excluding hydrogens is 499 g/mol. The third-order valence-corrected chi connectivity index (χ3v) is 5.69. The largest absolute Gasteiger partial charge is 0.481 e. The summed E-state index contributed by atoms with van der Waals surface area (Å²) in [6.45, 7) is 1.90. The lowest BCUT2D eigenvalue weighted by molar-refractivity contribution is -0.137. The van der Waals surface area contributed by atoms with Crippen molar-refractivity contribution in [2.24, 2.45) is 4.99 Å². The highest BCUT2D eigenvalue weighted by molar-refractivity contribution is 6.35. The summed E-state index contributed by atoms with van der Waals surface area (Å²) in [4.78, 5) is 44.6. The third kappa shape index (κ3) is 7.54. The number of aromatic nitrogens is 1. The minimum Gasteiger partial charge on any atom is -0.481 e. The van der Waals surface area contributed by atoms with Gasteiger partial charge in [-0.05, 0) is 36.2 Å². The molecule has 2 heterocycles. The van der Waals surface area contributed by atoms with E-state index in [0.29, 0.717) is 39.4 Å². The van der Waals surface area contributed by atoms with Gasteiger partial charge in [-0.3, -0.25) is 24.4 Å². The van der Waals surface area contributed by atoms with Crippen LogP contribution in [0.25, 0.3) is 0 Å². The normalized spacial score (nSPS) is 15.9. The molecule has 0 spiro atoms. The molecule has 0 fully saturated rings. The Morgan fingerprint density at radius 3 is 2.69 bits per heavy atom. The molecule has 1 unspecified atom stereocenters. The molecule has 0 radical (unpaired) electrons. The molecular formula is C22H24Cl2N6O5. The Balaban J connectivity index is 1.62. The van der Waals surface area contributed by atoms with E-state index in [4.69, 9.17) is 23.2 Å². The number of carboxylic acid groups (broad SMARTS) is 1. The topological polar surface area (TPSA) is 165 Å². The molecule has 1 aromatic heterocycles. The number of nitrogens with one attached hydrogen (secondary N) is 4. The number of carbonyl (C=O) groups excluding carboxylic acids is 2. The van der Waals surface area contributed by atoms with E-state index >= 15 is 0 Å². The van der Waals surface area contributed by atoms with Crippen LogP contribution in [0, 0.1) is 6.92 Å². The van der Waals surface area contributed by atoms with Gasteiger partial charge >= 0.3 is 5.97 Å². The number of aliphatic imine (C=N–C) groups is 1. The van der Waals surface area contributed by atoms with Crippen LogP contribution < -0.4 is 21.3 Å². The molecule has 0 bridgehead atoms. The van der Waals surface area contributed by atoms with Crippen molar-refractivity contribution in [3.63, 3.8) is 0 Å². The zero-order chi connectivity index (χ0) is 25.5. The lowest BCUT2D eigenvalue weighted by Gasteiger charge is -2.21. The highest BCUT2D eigenvalue weighted by Gasteiger charge is 2.22. The van der Waals surface area contributed by atoms with E-state index in [1.165, 1.54) is 24.5 Å². The molecule has 2 amide bonds. The van der Waals surface area contributed by atoms with E-state index in [2.05, 4.69) is 31.2 Å². The summed E-state index contributed by atoms with van der Waals surface area (Å²) in [5, 5.41) is 30.4. The highest BCUT2D eigenvalue weighted by atomic mass is 35.5. The van der Waals surface area contributed by atoms with Gasteiger partial charge in [-0.1, -0.05) is 23.2 Å². The second kappa shape index (κ2) is 11.8. The summed E-state index contributed by atoms with van der Waals surface area (Å²) >= 11 is 12.2. The summed E-state index contributed by atoms with van der Waals surface area (Å²) in [7, 11) is 0. The zero-order valence-electron chi connectivity index (χ0n) is 18.6. The number of carbonyl (C=O) groups is 3. The molecule has 3 rings (SSSR count). The molecule has 0 saturated carbocycles. The number of benzene rings is 1. The van der Waals surface area contributed by atoms with Crippen LogP contribution in [0.1, 0.15) is 33.9 Å². The Labute approximate surface area is 210 Å². The Morgan fingerprint density at radius 2 is 2.00 bits per heavy atom. The Morgan fingerprint density at radius 1 is 1.23 bits per heavy atom. The Bertz CT molecular complexity index is 1160. The Kier molecular flexibility index (Phi) is 8.85. The number of rotatable bonds is 8. The number of halogens is 2. The van der Waals surface area contributed by atoms with Gasteiger partial charge in [0, 0.05) is 22.8 Å². The number of carboxylic acids is 1. The van der Waals surface area contributed by atoms with Crippen LogP contribution >= 0.6 is 23.2 Å². The molecule has 1 aliphatic rings. The number of aliphatic carboxylic acids is 1. The van der Waals surface area contributed by atoms with Crippen molar-refractivity contribution in [3.8, 4) is 0 Å². The van der Waals surface area contributed by atoms with Crippen molar-refractivity contribution in [2.45, 2.75) is 25.5 Å². The van der Waals surface area contributed by atoms with Gasteiger partial charge in [0.2, 0.25) is 5.91 Å². The third-order valence-electron chi connectivity index (χ3n) is 5.08. The van der Waals surface area contributed by atoms with Crippen molar-refractivity contribution in [3.05, 3.63) is 57.3 Å². The van der Waals surface area contributed by atoms with Crippen molar-refractivity contribution < 1.29 is 24.6 Å². The number of anilines is 1. The number of aliphatic hydroxyl groups is 1. The molecule has 186 valence electrons. The number of amides is 2. The first-order valence-corrected chi connectivity index (χ1v) is 11.3. The van der Waals surface area contributed by atoms with Gasteiger partial charge in [0.05, 0.1) is 49.1 Å². The maximum Gasteiger partial charge on any atom is 0.305 e. The van der Waals surface area contributed by atoms with Crippen molar-refractivity contribution in [1.29, 1.82) is 0 Å². The second-order valence-corrected chi connectivity index (χ2v) is 8.66. The van der Waals surface area contributed by atoms with Gasteiger partial charge in [0.15, 0.2) is 5.96 Å². The molecule has 6 N–H and O–H groups in total. The summed E-state index contributed by atoms with van der Waals surface area (Å²) in [6.07, 6.45) is 1.87. The van der Waals surface area contributed by atoms with Crippen LogP contribution in [0.3, 0.4) is 0 Å². The molecule has 0 aliphatic carbocycles. The van der Waals surface area contributed by atoms with Crippen molar-refractivity contribution in [1.82, 2.24) is 20.9 Å². The van der Waals surface area contributed by atoms with Crippen LogP contribution in [0.15, 0.2) is 35.6 Å². The lowest BCUT2D eigenvalue weighted by Crippen LogP contribution is -2.42. The quantitative estimate of drug-likeness (QED) is 0.303. The van der Waals surface area contributed by atoms with Crippen LogP contribution in [-0.2, 0) is 9.59 Å². The van der Waals surface area contributed by atoms with Crippen molar-refractivity contribution >= 4 is 52.6 Å². The van der Waals surface area contributed by atoms with E-state index in [1.807, 2.05) is 0 Å².